The first-order chi connectivity index (χ1) is 33.2. The van der Waals surface area contributed by atoms with E-state index in [9.17, 15) is 12.3 Å². The van der Waals surface area contributed by atoms with Gasteiger partial charge in [0.05, 0.1) is 35.6 Å². The zero-order valence-corrected chi connectivity index (χ0v) is 23.2. The van der Waals surface area contributed by atoms with Crippen LogP contribution in [0.3, 0.4) is 0 Å². The molecule has 0 N–H and O–H groups in total. The molecule has 0 amide bonds. The van der Waals surface area contributed by atoms with Crippen LogP contribution in [0.2, 0.25) is 0 Å². The van der Waals surface area contributed by atoms with E-state index in [4.69, 9.17) is 23.3 Å². The van der Waals surface area contributed by atoms with Gasteiger partial charge in [0.15, 0.2) is 0 Å². The number of hydrogen-bond donors (Lipinski definition) is 0. The van der Waals surface area contributed by atoms with Gasteiger partial charge in [0.1, 0.15) is 0 Å². The molecule has 0 fully saturated rings. The lowest BCUT2D eigenvalue weighted by molar-refractivity contribution is 1.39. The molecule has 1 aliphatic heterocycles. The van der Waals surface area contributed by atoms with Crippen LogP contribution in [0.1, 0.15) is 35.6 Å². The molecule has 0 saturated carbocycles. The Morgan fingerprint density at radius 2 is 0.956 bits per heavy atom. The van der Waals surface area contributed by atoms with Gasteiger partial charge in [0.25, 0.3) is 0 Å². The Balaban J connectivity index is 1.45. The minimum atomic E-state index is -1.03. The normalized spacial score (nSPS) is 20.4. The zero-order chi connectivity index (χ0) is 52.1. The summed E-state index contributed by atoms with van der Waals surface area (Å²) < 4.78 is 235. The second-order valence-corrected chi connectivity index (χ2v) is 11.0. The summed E-state index contributed by atoms with van der Waals surface area (Å²) in [5.41, 5.74) is -5.50. The highest BCUT2D eigenvalue weighted by atomic mass is 32.2. The van der Waals surface area contributed by atoms with Crippen LogP contribution < -0.4 is 0 Å². The van der Waals surface area contributed by atoms with Crippen LogP contribution in [0.4, 0.5) is 0 Å². The Kier molecular flexibility index (Phi) is 2.26. The summed E-state index contributed by atoms with van der Waals surface area (Å²) in [5.74, 6) is 0. The molecule has 1 heterocycles. The number of rotatable bonds is 3. The smallest absolute Gasteiger partial charge is 0.0641 e. The molecule has 10 rings (SSSR count). The highest BCUT2D eigenvalue weighted by Crippen LogP contribution is 2.49. The first-order valence-corrected chi connectivity index (χ1v) is 14.2. The first kappa shape index (κ1) is 10.6. The van der Waals surface area contributed by atoms with Crippen molar-refractivity contribution >= 4 is 54.9 Å². The van der Waals surface area contributed by atoms with E-state index in [1.807, 2.05) is 0 Å². The SMILES string of the molecule is [2H]c1c([2H])c([2H])c(-c2c([2H])c(-c3c([2H])c([2H])c4c(c3[2H])Sc3c([2H])c([2H])c([2H])c5c([2H])c([2H])c([2H])c-4c35)c([2H])c(-c3c([2H])c([2H])c4c([2H])c([2H])c5c([2H])c([2H])c([2H])c6c([2H])c([2H])c3c4c56)c2[2H])c([2H])c1[2H]. The molecule has 1 heteroatoms. The highest BCUT2D eigenvalue weighted by Gasteiger charge is 2.20. The van der Waals surface area contributed by atoms with Crippen molar-refractivity contribution in [2.45, 2.75) is 9.79 Å². The number of fused-ring (bicyclic) bond motifs is 2. The Bertz CT molecular complexity index is 4030. The van der Waals surface area contributed by atoms with Gasteiger partial charge in [-0.15, -0.1) is 0 Å². The molecule has 0 bridgehead atoms. The van der Waals surface area contributed by atoms with Crippen molar-refractivity contribution in [1.82, 2.24) is 0 Å². The molecule has 0 nitrogen and oxygen atoms in total. The molecule has 0 atom stereocenters. The fourth-order valence-electron chi connectivity index (χ4n) is 5.54. The van der Waals surface area contributed by atoms with Crippen molar-refractivity contribution in [2.24, 2.45) is 0 Å². The fourth-order valence-corrected chi connectivity index (χ4v) is 6.56. The van der Waals surface area contributed by atoms with E-state index in [-0.39, 0.29) is 42.5 Å². The molecule has 0 saturated heterocycles. The average molecular weight is 613 g/mol. The van der Waals surface area contributed by atoms with E-state index < -0.39 is 212 Å². The number of benzene rings is 9. The largest absolute Gasteiger partial charge is 0.0888 e. The quantitative estimate of drug-likeness (QED) is 0.179. The van der Waals surface area contributed by atoms with Gasteiger partial charge in [-0.25, -0.2) is 0 Å². The van der Waals surface area contributed by atoms with Crippen molar-refractivity contribution < 1.29 is 35.6 Å². The minimum Gasteiger partial charge on any atom is -0.0888 e. The maximum absolute atomic E-state index is 9.94. The second kappa shape index (κ2) is 9.56. The maximum atomic E-state index is 9.94. The van der Waals surface area contributed by atoms with Gasteiger partial charge in [0.2, 0.25) is 0 Å². The van der Waals surface area contributed by atoms with Crippen LogP contribution in [-0.2, 0) is 0 Å². The number of hydrogen-bond acceptors (Lipinski definition) is 1. The Morgan fingerprint density at radius 3 is 1.78 bits per heavy atom. The summed E-state index contributed by atoms with van der Waals surface area (Å²) in [7, 11) is 0. The van der Waals surface area contributed by atoms with Gasteiger partial charge in [-0.3, -0.25) is 0 Å². The van der Waals surface area contributed by atoms with Gasteiger partial charge in [-0.1, -0.05) is 139 Å². The third kappa shape index (κ3) is 3.81. The van der Waals surface area contributed by atoms with E-state index in [1.165, 1.54) is 0 Å². The van der Waals surface area contributed by atoms with Crippen LogP contribution in [-0.4, -0.2) is 0 Å². The van der Waals surface area contributed by atoms with Gasteiger partial charge in [-0.05, 0) is 112 Å². The molecule has 208 valence electrons. The standard InChI is InChI=1S/C44H26S/c1-2-7-27(8-3-1)33-23-34(32-19-21-37-38-13-5-11-28-12-6-14-40(43(28)38)45-41(37)26-32)25-35(24-33)36-20-17-31-16-15-29-9-4-10-30-18-22-39(36)44(31)42(29)30/h1-26H/i1D,2D,3D,4D,5D,6D,7D,8D,9D,10D,11D,12D,13D,14D,15D,16D,17D,18D,19D,20D,21D,22D,23D,24D,25D,26D. The van der Waals surface area contributed by atoms with E-state index in [0.717, 1.165) is 0 Å². The van der Waals surface area contributed by atoms with Crippen molar-refractivity contribution in [2.75, 3.05) is 0 Å². The highest BCUT2D eigenvalue weighted by molar-refractivity contribution is 7.99. The summed E-state index contributed by atoms with van der Waals surface area (Å²) in [5, 5.41) is -2.97. The molecular weight excluding hydrogens is 561 g/mol. The third-order valence-electron chi connectivity index (χ3n) is 7.51. The van der Waals surface area contributed by atoms with Crippen LogP contribution in [0.5, 0.6) is 0 Å². The Labute approximate surface area is 302 Å². The summed E-state index contributed by atoms with van der Waals surface area (Å²) in [6.45, 7) is 0. The van der Waals surface area contributed by atoms with E-state index >= 15 is 0 Å². The lowest BCUT2D eigenvalue weighted by Gasteiger charge is -2.21. The third-order valence-corrected chi connectivity index (χ3v) is 8.53. The molecule has 0 radical (unpaired) electrons. The molecule has 45 heavy (non-hydrogen) atoms. The zero-order valence-electron chi connectivity index (χ0n) is 48.4. The van der Waals surface area contributed by atoms with Crippen molar-refractivity contribution in [3.8, 4) is 44.5 Å². The van der Waals surface area contributed by atoms with Crippen LogP contribution in [0.25, 0.3) is 87.6 Å². The molecular formula is C44H26S. The topological polar surface area (TPSA) is 0 Å². The summed E-state index contributed by atoms with van der Waals surface area (Å²) in [4.78, 5) is -0.490. The maximum Gasteiger partial charge on any atom is 0.0641 e. The fraction of sp³-hybridized carbons (Fsp3) is 0. The van der Waals surface area contributed by atoms with E-state index in [1.54, 1.807) is 0 Å². The minimum absolute atomic E-state index is 0.128. The van der Waals surface area contributed by atoms with Gasteiger partial charge < -0.3 is 0 Å². The molecule has 0 unspecified atom stereocenters. The Morgan fingerprint density at radius 1 is 0.333 bits per heavy atom. The van der Waals surface area contributed by atoms with E-state index in [0.29, 0.717) is 11.8 Å². The molecule has 0 aliphatic carbocycles. The first-order valence-electron chi connectivity index (χ1n) is 26.4. The van der Waals surface area contributed by atoms with Crippen LogP contribution in [0, 0.1) is 0 Å². The van der Waals surface area contributed by atoms with Gasteiger partial charge in [0, 0.05) is 15.2 Å². The molecule has 0 spiro atoms. The molecule has 9 aromatic carbocycles. The van der Waals surface area contributed by atoms with Crippen molar-refractivity contribution in [3.05, 3.63) is 157 Å². The second-order valence-electron chi connectivity index (χ2n) is 10.0. The van der Waals surface area contributed by atoms with Crippen molar-refractivity contribution in [3.63, 3.8) is 0 Å². The summed E-state index contributed by atoms with van der Waals surface area (Å²) in [6, 6.07) is -21.4. The summed E-state index contributed by atoms with van der Waals surface area (Å²) >= 11 is 0.575. The average Bonchev–Trinajstić information content (AvgIpc) is 3.33. The Hall–Kier alpha value is -5.37. The molecule has 0 aromatic heterocycles. The van der Waals surface area contributed by atoms with Gasteiger partial charge in [-0.2, -0.15) is 0 Å². The lowest BCUT2D eigenvalue weighted by Crippen LogP contribution is -1.94. The predicted molar refractivity (Wildman–Crippen MR) is 194 cm³/mol. The summed E-state index contributed by atoms with van der Waals surface area (Å²) in [6.07, 6.45) is 0. The predicted octanol–water partition coefficient (Wildman–Crippen LogP) is 12.9. The van der Waals surface area contributed by atoms with Gasteiger partial charge >= 0.3 is 0 Å². The van der Waals surface area contributed by atoms with Crippen LogP contribution in [0.15, 0.2) is 167 Å². The monoisotopic (exact) mass is 612 g/mol. The lowest BCUT2D eigenvalue weighted by atomic mass is 9.87. The van der Waals surface area contributed by atoms with Crippen LogP contribution >= 0.6 is 11.8 Å². The molecule has 1 aliphatic rings. The van der Waals surface area contributed by atoms with E-state index in [2.05, 4.69) is 0 Å². The molecule has 9 aromatic rings. The van der Waals surface area contributed by atoms with Crippen molar-refractivity contribution in [1.29, 1.82) is 0 Å².